The van der Waals surface area contributed by atoms with Gasteiger partial charge in [-0.15, -0.1) is 0 Å². The predicted molar refractivity (Wildman–Crippen MR) is 191 cm³/mol. The maximum absolute atomic E-state index is 14.8. The molecule has 0 aromatic heterocycles. The smallest absolute Gasteiger partial charge is 0.409 e. The molecular weight excluding hydrogens is 732 g/mol. The van der Waals surface area contributed by atoms with Crippen LogP contribution >= 0.6 is 11.6 Å². The van der Waals surface area contributed by atoms with E-state index in [1.165, 1.54) is 14.2 Å². The number of hydrogen-bond acceptors (Lipinski definition) is 14. The van der Waals surface area contributed by atoms with Crippen molar-refractivity contribution in [3.05, 3.63) is 46.5 Å². The van der Waals surface area contributed by atoms with Gasteiger partial charge < -0.3 is 54.0 Å². The van der Waals surface area contributed by atoms with Crippen LogP contribution in [0.2, 0.25) is 5.02 Å². The standard InChI is InChI=1S/C37H51ClN2O14/c1-17(2)34(46)53-26-14-27(42)40(33-31(45)30(44)29(43)24(16-41)51-33)21-12-20(13-22(49-6)28(21)38)11-18(3)9-8-10-25(50-7)37(48)15-23(52-35(47)39-37)19(4)32-36(26,5)54-32/h8-10,12-13,17,19,23-26,29-33,41,43-45,48H,11,14-16H2,1-7H3,(H,39,47)/b10-8+,18-9+/t19-,23+,24-,25-,26+,29-,30+,31-,32+,33-,36+,37+/m1/s1. The number of hydrogen-bond donors (Lipinski definition) is 6. The fraction of sp³-hybridized carbons (Fsp3) is 0.649. The third kappa shape index (κ3) is 8.27. The number of allylic oxidation sites excluding steroid dienone is 3. The zero-order chi connectivity index (χ0) is 39.9. The lowest BCUT2D eigenvalue weighted by Gasteiger charge is -2.45. The summed E-state index contributed by atoms with van der Waals surface area (Å²) in [6.45, 7) is 7.69. The van der Waals surface area contributed by atoms with Crippen LogP contribution < -0.4 is 15.0 Å². The first-order valence-corrected chi connectivity index (χ1v) is 18.2. The monoisotopic (exact) mass is 782 g/mol. The Kier molecular flexibility index (Phi) is 12.7. The largest absolute Gasteiger partial charge is 0.495 e. The number of benzene rings is 1. The molecule has 4 bridgehead atoms. The number of carbonyl (C=O) groups excluding carboxylic acids is 3. The minimum Gasteiger partial charge on any atom is -0.495 e. The highest BCUT2D eigenvalue weighted by atomic mass is 35.5. The molecule has 1 aromatic rings. The van der Waals surface area contributed by atoms with E-state index in [-0.39, 0.29) is 29.3 Å². The van der Waals surface area contributed by atoms with E-state index in [9.17, 15) is 39.9 Å². The van der Waals surface area contributed by atoms with Crippen molar-refractivity contribution in [1.29, 1.82) is 0 Å². The molecule has 6 N–H and O–H groups in total. The number of amides is 2. The highest BCUT2D eigenvalue weighted by Gasteiger charge is 2.65. The van der Waals surface area contributed by atoms with Crippen LogP contribution in [-0.2, 0) is 39.7 Å². The summed E-state index contributed by atoms with van der Waals surface area (Å²) in [6, 6.07) is 3.23. The van der Waals surface area contributed by atoms with Gasteiger partial charge in [-0.25, -0.2) is 4.79 Å². The first-order valence-electron chi connectivity index (χ1n) is 17.8. The van der Waals surface area contributed by atoms with Gasteiger partial charge in [0.2, 0.25) is 5.91 Å². The molecule has 300 valence electrons. The number of aliphatic hydroxyl groups excluding tert-OH is 4. The van der Waals surface area contributed by atoms with Crippen molar-refractivity contribution in [2.75, 3.05) is 25.7 Å². The summed E-state index contributed by atoms with van der Waals surface area (Å²) < 4.78 is 34.9. The fourth-order valence-electron chi connectivity index (χ4n) is 7.35. The second-order valence-electron chi connectivity index (χ2n) is 14.9. The third-order valence-corrected chi connectivity index (χ3v) is 11.0. The number of fused-ring (bicyclic) bond motifs is 5. The molecule has 3 fully saturated rings. The summed E-state index contributed by atoms with van der Waals surface area (Å²) >= 11 is 6.89. The van der Waals surface area contributed by atoms with Gasteiger partial charge in [0, 0.05) is 19.4 Å². The van der Waals surface area contributed by atoms with Crippen LogP contribution in [0.15, 0.2) is 35.9 Å². The average Bonchev–Trinajstić information content (AvgIpc) is 3.81. The maximum atomic E-state index is 14.8. The van der Waals surface area contributed by atoms with E-state index in [1.54, 1.807) is 58.1 Å². The third-order valence-electron chi connectivity index (χ3n) is 10.6. The number of halogens is 1. The number of alkyl carbamates (subject to hydrolysis) is 1. The normalized spacial score (nSPS) is 39.1. The Hall–Kier alpha value is -3.32. The number of aliphatic hydroxyl groups is 5. The SMILES string of the molecule is COc1cc2cc(c1Cl)N([C@@H]1O[C@H](CO)[C@@H](O)[C@H](O)[C@H]1O)C(=O)C[C@H](OC(=O)C(C)C)[C@]1(C)O[C@H]1[C@H](C)[C@@H]1C[C@@](O)(NC(=O)O1)[C@H](OC)/C=C/C=C(\C)C2. The van der Waals surface area contributed by atoms with Crippen LogP contribution in [0.1, 0.15) is 53.0 Å². The van der Waals surface area contributed by atoms with E-state index in [1.807, 2.05) is 6.92 Å². The number of anilines is 1. The molecule has 2 amide bonds. The number of methoxy groups -OCH3 is 2. The molecule has 16 nitrogen and oxygen atoms in total. The molecule has 5 rings (SSSR count). The van der Waals surface area contributed by atoms with Crippen LogP contribution in [-0.4, -0.2) is 131 Å². The molecule has 4 heterocycles. The quantitative estimate of drug-likeness (QED) is 0.178. The first-order chi connectivity index (χ1) is 25.4. The Morgan fingerprint density at radius 2 is 1.85 bits per heavy atom. The summed E-state index contributed by atoms with van der Waals surface area (Å²) in [5.41, 5.74) is -1.83. The Morgan fingerprint density at radius 3 is 2.48 bits per heavy atom. The molecule has 4 aliphatic rings. The zero-order valence-electron chi connectivity index (χ0n) is 31.3. The average molecular weight is 783 g/mol. The van der Waals surface area contributed by atoms with Crippen molar-refractivity contribution in [1.82, 2.24) is 5.32 Å². The molecule has 3 saturated heterocycles. The Bertz CT molecular complexity index is 1640. The summed E-state index contributed by atoms with van der Waals surface area (Å²) in [4.78, 5) is 41.8. The van der Waals surface area contributed by atoms with Crippen molar-refractivity contribution in [2.45, 2.75) is 120 Å². The molecule has 0 spiro atoms. The Morgan fingerprint density at radius 1 is 1.15 bits per heavy atom. The van der Waals surface area contributed by atoms with Gasteiger partial charge in [-0.05, 0) is 38.0 Å². The van der Waals surface area contributed by atoms with Crippen molar-refractivity contribution < 1.29 is 68.3 Å². The second-order valence-corrected chi connectivity index (χ2v) is 15.3. The van der Waals surface area contributed by atoms with Gasteiger partial charge in [0.05, 0.1) is 37.8 Å². The van der Waals surface area contributed by atoms with E-state index < -0.39 is 109 Å². The number of ether oxygens (including phenoxy) is 6. The van der Waals surface area contributed by atoms with Gasteiger partial charge in [-0.3, -0.25) is 19.8 Å². The lowest BCUT2D eigenvalue weighted by Crippen LogP contribution is -2.64. The number of nitrogens with zero attached hydrogens (tertiary/aromatic N) is 1. The molecule has 0 saturated carbocycles. The van der Waals surface area contributed by atoms with Crippen molar-refractivity contribution >= 4 is 35.3 Å². The first kappa shape index (κ1) is 41.8. The van der Waals surface area contributed by atoms with Crippen LogP contribution in [0, 0.1) is 11.8 Å². The van der Waals surface area contributed by atoms with Crippen molar-refractivity contribution in [3.8, 4) is 5.75 Å². The Labute approximate surface area is 318 Å². The van der Waals surface area contributed by atoms with Crippen molar-refractivity contribution in [2.24, 2.45) is 11.8 Å². The van der Waals surface area contributed by atoms with E-state index in [0.717, 1.165) is 10.5 Å². The summed E-state index contributed by atoms with van der Waals surface area (Å²) in [5, 5.41) is 56.9. The second kappa shape index (κ2) is 16.4. The molecule has 0 aliphatic carbocycles. The zero-order valence-corrected chi connectivity index (χ0v) is 32.1. The number of nitrogens with one attached hydrogen (secondary N) is 1. The molecule has 4 aliphatic heterocycles. The molecule has 17 heteroatoms. The van der Waals surface area contributed by atoms with Gasteiger partial charge in [0.15, 0.2) is 12.0 Å². The molecular formula is C37H51ClN2O14. The van der Waals surface area contributed by atoms with Crippen LogP contribution in [0.5, 0.6) is 5.75 Å². The summed E-state index contributed by atoms with van der Waals surface area (Å²) in [5.74, 6) is -2.51. The van der Waals surface area contributed by atoms with E-state index in [0.29, 0.717) is 5.56 Å². The molecule has 1 aromatic carbocycles. The van der Waals surface area contributed by atoms with Crippen molar-refractivity contribution in [3.63, 3.8) is 0 Å². The lowest BCUT2D eigenvalue weighted by atomic mass is 9.83. The summed E-state index contributed by atoms with van der Waals surface area (Å²) in [7, 11) is 2.78. The number of esters is 1. The van der Waals surface area contributed by atoms with E-state index in [4.69, 9.17) is 40.0 Å². The summed E-state index contributed by atoms with van der Waals surface area (Å²) in [6.07, 6.45) is -8.75. The van der Waals surface area contributed by atoms with Gasteiger partial charge >= 0.3 is 12.1 Å². The van der Waals surface area contributed by atoms with Crippen LogP contribution in [0.3, 0.4) is 0 Å². The van der Waals surface area contributed by atoms with E-state index >= 15 is 0 Å². The van der Waals surface area contributed by atoms with Gasteiger partial charge in [-0.1, -0.05) is 56.2 Å². The minimum absolute atomic E-state index is 0.00391. The van der Waals surface area contributed by atoms with E-state index in [2.05, 4.69) is 5.32 Å². The predicted octanol–water partition coefficient (Wildman–Crippen LogP) is 1.49. The highest BCUT2D eigenvalue weighted by molar-refractivity contribution is 6.35. The molecule has 12 atom stereocenters. The highest BCUT2D eigenvalue weighted by Crippen LogP contribution is 2.49. The van der Waals surface area contributed by atoms with Gasteiger partial charge in [-0.2, -0.15) is 0 Å². The topological polar surface area (TPSA) is 226 Å². The number of rotatable bonds is 6. The van der Waals surface area contributed by atoms with Crippen LogP contribution in [0.4, 0.5) is 10.5 Å². The molecule has 54 heavy (non-hydrogen) atoms. The lowest BCUT2D eigenvalue weighted by molar-refractivity contribution is -0.228. The fourth-order valence-corrected chi connectivity index (χ4v) is 7.63. The minimum atomic E-state index is -1.90. The number of epoxide rings is 1. The Balaban J connectivity index is 1.68. The molecule has 0 radical (unpaired) electrons. The van der Waals surface area contributed by atoms with Gasteiger partial charge in [0.25, 0.3) is 0 Å². The van der Waals surface area contributed by atoms with Gasteiger partial charge in [0.1, 0.15) is 59.1 Å². The van der Waals surface area contributed by atoms with Crippen LogP contribution in [0.25, 0.3) is 0 Å². The molecule has 0 unspecified atom stereocenters. The maximum Gasteiger partial charge on any atom is 0.409 e. The number of carbonyl (C=O) groups is 3.